The van der Waals surface area contributed by atoms with Crippen LogP contribution < -0.4 is 0 Å². The van der Waals surface area contributed by atoms with Crippen molar-refractivity contribution in [3.8, 4) is 0 Å². The van der Waals surface area contributed by atoms with Crippen molar-refractivity contribution >= 4 is 5.97 Å². The summed E-state index contributed by atoms with van der Waals surface area (Å²) in [6.45, 7) is 1.94. The average Bonchev–Trinajstić information content (AvgIpc) is 3.23. The Morgan fingerprint density at radius 2 is 2.09 bits per heavy atom. The lowest BCUT2D eigenvalue weighted by Gasteiger charge is -2.36. The van der Waals surface area contributed by atoms with E-state index in [-0.39, 0.29) is 17.7 Å². The predicted molar refractivity (Wildman–Crippen MR) is 114 cm³/mol. The van der Waals surface area contributed by atoms with Crippen molar-refractivity contribution in [3.05, 3.63) is 47.3 Å². The van der Waals surface area contributed by atoms with Crippen LogP contribution in [0.25, 0.3) is 0 Å². The van der Waals surface area contributed by atoms with Gasteiger partial charge in [-0.25, -0.2) is 13.9 Å². The first-order chi connectivity index (χ1) is 15.3. The molecular formula is C22H31FN4O5. The number of aromatic carboxylic acids is 1. The van der Waals surface area contributed by atoms with Gasteiger partial charge in [0.25, 0.3) is 0 Å². The number of carbonyl (C=O) groups is 1. The Balaban J connectivity index is 1.64. The number of halogens is 1. The topological polar surface area (TPSA) is 110 Å². The van der Waals surface area contributed by atoms with Crippen molar-refractivity contribution in [2.75, 3.05) is 27.4 Å². The lowest BCUT2D eigenvalue weighted by atomic mass is 10.0. The fourth-order valence-electron chi connectivity index (χ4n) is 4.14. The fraction of sp³-hybridized carbons (Fsp3) is 0.591. The number of aliphatic hydroxyl groups excluding tert-OH is 1. The number of aromatic nitrogens is 3. The van der Waals surface area contributed by atoms with Crippen LogP contribution in [0.1, 0.15) is 53.5 Å². The highest BCUT2D eigenvalue weighted by molar-refractivity contribution is 5.87. The summed E-state index contributed by atoms with van der Waals surface area (Å²) in [4.78, 5) is 13.2. The second-order valence-corrected chi connectivity index (χ2v) is 8.25. The summed E-state index contributed by atoms with van der Waals surface area (Å²) in [6.07, 6.45) is 2.37. The minimum Gasteiger partial charge on any atom is -0.478 e. The number of alkyl halides is 1. The van der Waals surface area contributed by atoms with Crippen LogP contribution in [0.3, 0.4) is 0 Å². The number of nitrogens with zero attached hydrogens (tertiary/aromatic N) is 4. The van der Waals surface area contributed by atoms with Crippen LogP contribution in [-0.2, 0) is 15.9 Å². The van der Waals surface area contributed by atoms with Crippen molar-refractivity contribution in [3.63, 3.8) is 0 Å². The molecular weight excluding hydrogens is 419 g/mol. The van der Waals surface area contributed by atoms with Crippen molar-refractivity contribution < 1.29 is 28.9 Å². The molecule has 0 saturated carbocycles. The maximum absolute atomic E-state index is 14.0. The summed E-state index contributed by atoms with van der Waals surface area (Å²) in [6, 6.07) is 5.66. The van der Waals surface area contributed by atoms with Crippen LogP contribution in [0.2, 0.25) is 0 Å². The van der Waals surface area contributed by atoms with Crippen LogP contribution in [0, 0.1) is 0 Å². The normalized spacial score (nSPS) is 23.2. The fourth-order valence-corrected chi connectivity index (χ4v) is 4.14. The van der Waals surface area contributed by atoms with Gasteiger partial charge in [-0.3, -0.25) is 0 Å². The third-order valence-electron chi connectivity index (χ3n) is 5.96. The standard InChI is InChI=1S/C22H31FN4O5/c1-14-10-18(11-20(28)32-14)26(2)9-8-17-13-27(25-24-17)19(12-23)21(31-3)15-4-6-16(7-5-15)22(29)30/h4-7,13-14,18-21,28H,8-12H2,1-3H3,(H,29,30)/t14-,18+,19-,20-,21?/m1/s1. The van der Waals surface area contributed by atoms with Crippen LogP contribution in [-0.4, -0.2) is 81.9 Å². The summed E-state index contributed by atoms with van der Waals surface area (Å²) in [5, 5.41) is 27.2. The van der Waals surface area contributed by atoms with Gasteiger partial charge in [-0.15, -0.1) is 5.10 Å². The summed E-state index contributed by atoms with van der Waals surface area (Å²) < 4.78 is 26.4. The molecule has 9 nitrogen and oxygen atoms in total. The second kappa shape index (κ2) is 11.0. The number of methoxy groups -OCH3 is 1. The molecule has 1 unspecified atom stereocenters. The Morgan fingerprint density at radius 3 is 2.69 bits per heavy atom. The zero-order valence-corrected chi connectivity index (χ0v) is 18.6. The summed E-state index contributed by atoms with van der Waals surface area (Å²) in [7, 11) is 3.49. The molecule has 2 aromatic rings. The zero-order valence-electron chi connectivity index (χ0n) is 18.6. The van der Waals surface area contributed by atoms with Gasteiger partial charge >= 0.3 is 5.97 Å². The predicted octanol–water partition coefficient (Wildman–Crippen LogP) is 2.23. The minimum absolute atomic E-state index is 0.00734. The number of hydrogen-bond donors (Lipinski definition) is 2. The Hall–Kier alpha value is -2.40. The van der Waals surface area contributed by atoms with E-state index in [0.717, 1.165) is 12.1 Å². The molecule has 2 N–H and O–H groups in total. The molecule has 3 rings (SSSR count). The van der Waals surface area contributed by atoms with E-state index in [9.17, 15) is 14.3 Å². The molecule has 0 amide bonds. The van der Waals surface area contributed by atoms with Crippen LogP contribution >= 0.6 is 0 Å². The van der Waals surface area contributed by atoms with Gasteiger partial charge in [-0.1, -0.05) is 17.3 Å². The van der Waals surface area contributed by atoms with Crippen molar-refractivity contribution in [2.45, 2.75) is 56.8 Å². The number of carboxylic acid groups (broad SMARTS) is 1. The van der Waals surface area contributed by atoms with Gasteiger partial charge in [0, 0.05) is 38.7 Å². The molecule has 1 saturated heterocycles. The van der Waals surface area contributed by atoms with E-state index in [1.54, 1.807) is 18.3 Å². The van der Waals surface area contributed by atoms with Gasteiger partial charge in [-0.2, -0.15) is 0 Å². The van der Waals surface area contributed by atoms with Crippen molar-refractivity contribution in [1.29, 1.82) is 0 Å². The zero-order chi connectivity index (χ0) is 23.3. The summed E-state index contributed by atoms with van der Waals surface area (Å²) in [5.41, 5.74) is 1.54. The van der Waals surface area contributed by atoms with Gasteiger partial charge in [0.2, 0.25) is 0 Å². The largest absolute Gasteiger partial charge is 0.478 e. The molecule has 5 atom stereocenters. The smallest absolute Gasteiger partial charge is 0.335 e. The molecule has 0 radical (unpaired) electrons. The van der Waals surface area contributed by atoms with E-state index in [4.69, 9.17) is 14.6 Å². The Morgan fingerprint density at radius 1 is 1.38 bits per heavy atom. The maximum atomic E-state index is 14.0. The number of aliphatic hydroxyl groups is 1. The first-order valence-corrected chi connectivity index (χ1v) is 10.7. The van der Waals surface area contributed by atoms with Gasteiger partial charge in [0.1, 0.15) is 18.8 Å². The molecule has 176 valence electrons. The molecule has 1 fully saturated rings. The Kier molecular flexibility index (Phi) is 8.30. The monoisotopic (exact) mass is 450 g/mol. The minimum atomic E-state index is -1.02. The molecule has 10 heteroatoms. The number of benzene rings is 1. The molecule has 0 spiro atoms. The van der Waals surface area contributed by atoms with Gasteiger partial charge < -0.3 is 24.6 Å². The molecule has 1 aromatic heterocycles. The highest BCUT2D eigenvalue weighted by Crippen LogP contribution is 2.30. The second-order valence-electron chi connectivity index (χ2n) is 8.25. The van der Waals surface area contributed by atoms with Crippen molar-refractivity contribution in [2.24, 2.45) is 0 Å². The van der Waals surface area contributed by atoms with Crippen molar-refractivity contribution in [1.82, 2.24) is 19.9 Å². The lowest BCUT2D eigenvalue weighted by Crippen LogP contribution is -2.43. The van der Waals surface area contributed by atoms with Crippen LogP contribution in [0.4, 0.5) is 4.39 Å². The van der Waals surface area contributed by atoms with E-state index in [2.05, 4.69) is 15.2 Å². The molecule has 1 aliphatic rings. The third kappa shape index (κ3) is 5.89. The first-order valence-electron chi connectivity index (χ1n) is 10.7. The van der Waals surface area contributed by atoms with E-state index in [1.165, 1.54) is 23.9 Å². The maximum Gasteiger partial charge on any atom is 0.335 e. The molecule has 2 heterocycles. The van der Waals surface area contributed by atoms with Gasteiger partial charge in [-0.05, 0) is 38.1 Å². The number of likely N-dealkylation sites (N-methyl/N-ethyl adjacent to an activating group) is 1. The molecule has 0 bridgehead atoms. The van der Waals surface area contributed by atoms with Crippen LogP contribution in [0.15, 0.2) is 30.5 Å². The third-order valence-corrected chi connectivity index (χ3v) is 5.96. The summed E-state index contributed by atoms with van der Waals surface area (Å²) >= 11 is 0. The lowest BCUT2D eigenvalue weighted by molar-refractivity contribution is -0.173. The van der Waals surface area contributed by atoms with Crippen LogP contribution in [0.5, 0.6) is 0 Å². The SMILES string of the molecule is COC(c1ccc(C(=O)O)cc1)[C@@H](CF)n1cc(CCN(C)[C@H]2C[C@@H](C)O[C@@H](O)C2)nn1. The van der Waals surface area contributed by atoms with E-state index in [0.29, 0.717) is 24.9 Å². The number of hydrogen-bond acceptors (Lipinski definition) is 7. The van der Waals surface area contributed by atoms with Gasteiger partial charge in [0.05, 0.1) is 17.4 Å². The summed E-state index contributed by atoms with van der Waals surface area (Å²) in [5.74, 6) is -1.02. The first kappa shape index (κ1) is 24.2. The Labute approximate surface area is 186 Å². The molecule has 32 heavy (non-hydrogen) atoms. The molecule has 0 aliphatic carbocycles. The number of rotatable bonds is 10. The van der Waals surface area contributed by atoms with E-state index >= 15 is 0 Å². The Bertz CT molecular complexity index is 867. The molecule has 1 aromatic carbocycles. The van der Waals surface area contributed by atoms with Gasteiger partial charge in [0.15, 0.2) is 6.29 Å². The number of carboxylic acids is 1. The highest BCUT2D eigenvalue weighted by Gasteiger charge is 2.29. The average molecular weight is 451 g/mol. The van der Waals surface area contributed by atoms with E-state index < -0.39 is 31.1 Å². The molecule has 1 aliphatic heterocycles. The quantitative estimate of drug-likeness (QED) is 0.567. The van der Waals surface area contributed by atoms with E-state index in [1.807, 2.05) is 14.0 Å². The highest BCUT2D eigenvalue weighted by atomic mass is 19.1. The number of ether oxygens (including phenoxy) is 2.